The van der Waals surface area contributed by atoms with Crippen molar-refractivity contribution in [3.8, 4) is 0 Å². The smallest absolute Gasteiger partial charge is 0.328 e. The average Bonchev–Trinajstić information content (AvgIpc) is 2.12. The van der Waals surface area contributed by atoms with E-state index in [1.807, 2.05) is 13.0 Å². The maximum atomic E-state index is 11.5. The minimum atomic E-state index is -1.13. The van der Waals surface area contributed by atoms with Gasteiger partial charge in [-0.05, 0) is 36.8 Å². The molecule has 0 aliphatic carbocycles. The number of carbonyl (C=O) groups excluding carboxylic acids is 1. The summed E-state index contributed by atoms with van der Waals surface area (Å²) in [7, 11) is 0. The summed E-state index contributed by atoms with van der Waals surface area (Å²) >= 11 is 3.27. The highest BCUT2D eigenvalue weighted by molar-refractivity contribution is 9.10. The standard InChI is InChI=1S/C11H9BrO3/c1-7-4-8(6-9(12)5-7)10(13)2-3-11(14)15/h2-6H,1H3,(H,14,15)/b3-2+. The van der Waals surface area contributed by atoms with Crippen molar-refractivity contribution in [1.82, 2.24) is 0 Å². The zero-order chi connectivity index (χ0) is 11.4. The Bertz CT molecular complexity index is 415. The minimum Gasteiger partial charge on any atom is -0.478 e. The van der Waals surface area contributed by atoms with Crippen LogP contribution in [0, 0.1) is 6.92 Å². The van der Waals surface area contributed by atoms with Crippen LogP contribution in [0.3, 0.4) is 0 Å². The third-order valence-corrected chi connectivity index (χ3v) is 2.16. The molecule has 0 radical (unpaired) electrons. The molecule has 0 aliphatic heterocycles. The third-order valence-electron chi connectivity index (χ3n) is 1.70. The number of hydrogen-bond donors (Lipinski definition) is 1. The van der Waals surface area contributed by atoms with Crippen LogP contribution in [0.25, 0.3) is 0 Å². The van der Waals surface area contributed by atoms with Gasteiger partial charge in [0.1, 0.15) is 0 Å². The van der Waals surface area contributed by atoms with Gasteiger partial charge >= 0.3 is 5.97 Å². The van der Waals surface area contributed by atoms with E-state index in [0.717, 1.165) is 22.2 Å². The first-order chi connectivity index (χ1) is 6.99. The van der Waals surface area contributed by atoms with Crippen molar-refractivity contribution in [2.75, 3.05) is 0 Å². The number of aliphatic carboxylic acids is 1. The van der Waals surface area contributed by atoms with Crippen molar-refractivity contribution < 1.29 is 14.7 Å². The normalized spacial score (nSPS) is 10.5. The second kappa shape index (κ2) is 4.89. The molecule has 0 spiro atoms. The average molecular weight is 269 g/mol. The summed E-state index contributed by atoms with van der Waals surface area (Å²) in [4.78, 5) is 21.7. The molecule has 3 nitrogen and oxygen atoms in total. The molecule has 1 aromatic carbocycles. The zero-order valence-corrected chi connectivity index (χ0v) is 9.61. The number of hydrogen-bond acceptors (Lipinski definition) is 2. The van der Waals surface area contributed by atoms with E-state index < -0.39 is 5.97 Å². The molecule has 1 aromatic rings. The molecule has 0 atom stereocenters. The van der Waals surface area contributed by atoms with Crippen LogP contribution in [0.2, 0.25) is 0 Å². The maximum Gasteiger partial charge on any atom is 0.328 e. The fourth-order valence-electron chi connectivity index (χ4n) is 1.12. The highest BCUT2D eigenvalue weighted by Gasteiger charge is 2.04. The topological polar surface area (TPSA) is 54.4 Å². The molecule has 0 saturated heterocycles. The van der Waals surface area contributed by atoms with Crippen LogP contribution >= 0.6 is 15.9 Å². The number of ketones is 1. The predicted molar refractivity (Wildman–Crippen MR) is 60.0 cm³/mol. The minimum absolute atomic E-state index is 0.318. The Morgan fingerprint density at radius 3 is 2.47 bits per heavy atom. The van der Waals surface area contributed by atoms with Crippen molar-refractivity contribution in [1.29, 1.82) is 0 Å². The Morgan fingerprint density at radius 2 is 1.93 bits per heavy atom. The molecule has 0 fully saturated rings. The number of benzene rings is 1. The van der Waals surface area contributed by atoms with Crippen LogP contribution < -0.4 is 0 Å². The molecule has 0 amide bonds. The van der Waals surface area contributed by atoms with E-state index in [9.17, 15) is 9.59 Å². The third kappa shape index (κ3) is 3.67. The summed E-state index contributed by atoms with van der Waals surface area (Å²) in [6.07, 6.45) is 1.88. The Labute approximate surface area is 95.6 Å². The highest BCUT2D eigenvalue weighted by Crippen LogP contribution is 2.15. The van der Waals surface area contributed by atoms with E-state index >= 15 is 0 Å². The predicted octanol–water partition coefficient (Wildman–Crippen LogP) is 2.58. The molecular formula is C11H9BrO3. The number of rotatable bonds is 3. The number of carbonyl (C=O) groups is 2. The van der Waals surface area contributed by atoms with Gasteiger partial charge in [0, 0.05) is 16.1 Å². The van der Waals surface area contributed by atoms with E-state index in [4.69, 9.17) is 5.11 Å². The van der Waals surface area contributed by atoms with Crippen LogP contribution in [0.5, 0.6) is 0 Å². The molecule has 78 valence electrons. The van der Waals surface area contributed by atoms with Gasteiger partial charge in [0.25, 0.3) is 0 Å². The van der Waals surface area contributed by atoms with E-state index in [0.29, 0.717) is 5.56 Å². The molecule has 0 aliphatic rings. The van der Waals surface area contributed by atoms with Gasteiger partial charge in [0.2, 0.25) is 0 Å². The highest BCUT2D eigenvalue weighted by atomic mass is 79.9. The number of allylic oxidation sites excluding steroid dienone is 1. The van der Waals surface area contributed by atoms with Crippen molar-refractivity contribution >= 4 is 27.7 Å². The van der Waals surface area contributed by atoms with Crippen molar-refractivity contribution in [3.05, 3.63) is 46.0 Å². The molecule has 0 heterocycles. The van der Waals surface area contributed by atoms with Gasteiger partial charge in [-0.3, -0.25) is 4.79 Å². The summed E-state index contributed by atoms with van der Waals surface area (Å²) in [5.41, 5.74) is 1.41. The van der Waals surface area contributed by atoms with E-state index in [2.05, 4.69) is 15.9 Å². The lowest BCUT2D eigenvalue weighted by molar-refractivity contribution is -0.131. The molecule has 15 heavy (non-hydrogen) atoms. The first-order valence-corrected chi connectivity index (χ1v) is 5.01. The molecule has 0 unspecified atom stereocenters. The van der Waals surface area contributed by atoms with E-state index in [1.54, 1.807) is 12.1 Å². The van der Waals surface area contributed by atoms with Gasteiger partial charge in [-0.15, -0.1) is 0 Å². The summed E-state index contributed by atoms with van der Waals surface area (Å²) < 4.78 is 0.801. The number of carboxylic acid groups (broad SMARTS) is 1. The number of halogens is 1. The molecule has 1 rings (SSSR count). The Hall–Kier alpha value is -1.42. The Kier molecular flexibility index (Phi) is 3.80. The fourth-order valence-corrected chi connectivity index (χ4v) is 1.73. The second-order valence-corrected chi connectivity index (χ2v) is 3.97. The Morgan fingerprint density at radius 1 is 1.27 bits per heavy atom. The summed E-state index contributed by atoms with van der Waals surface area (Å²) in [5, 5.41) is 8.37. The number of carboxylic acids is 1. The van der Waals surface area contributed by atoms with Gasteiger partial charge in [-0.2, -0.15) is 0 Å². The van der Waals surface area contributed by atoms with Gasteiger partial charge in [-0.25, -0.2) is 4.79 Å². The number of aryl methyl sites for hydroxylation is 1. The summed E-state index contributed by atoms with van der Waals surface area (Å²) in [6, 6.07) is 5.23. The monoisotopic (exact) mass is 268 g/mol. The molecule has 1 N–H and O–H groups in total. The SMILES string of the molecule is Cc1cc(Br)cc(C(=O)/C=C/C(=O)O)c1. The molecule has 0 saturated carbocycles. The van der Waals surface area contributed by atoms with Crippen LogP contribution in [0.4, 0.5) is 0 Å². The largest absolute Gasteiger partial charge is 0.478 e. The van der Waals surface area contributed by atoms with Crippen LogP contribution in [0.15, 0.2) is 34.8 Å². The molecular weight excluding hydrogens is 260 g/mol. The first-order valence-electron chi connectivity index (χ1n) is 4.21. The summed E-state index contributed by atoms with van der Waals surface area (Å²) in [5.74, 6) is -1.45. The van der Waals surface area contributed by atoms with Crippen molar-refractivity contribution in [2.24, 2.45) is 0 Å². The fraction of sp³-hybridized carbons (Fsp3) is 0.0909. The van der Waals surface area contributed by atoms with E-state index in [1.165, 1.54) is 0 Å². The maximum absolute atomic E-state index is 11.5. The van der Waals surface area contributed by atoms with Crippen LogP contribution in [0.1, 0.15) is 15.9 Å². The Balaban J connectivity index is 2.96. The first kappa shape index (κ1) is 11.7. The van der Waals surface area contributed by atoms with Crippen molar-refractivity contribution in [3.63, 3.8) is 0 Å². The van der Waals surface area contributed by atoms with Crippen LogP contribution in [-0.2, 0) is 4.79 Å². The summed E-state index contributed by atoms with van der Waals surface area (Å²) in [6.45, 7) is 1.86. The van der Waals surface area contributed by atoms with E-state index in [-0.39, 0.29) is 5.78 Å². The van der Waals surface area contributed by atoms with Crippen molar-refractivity contribution in [2.45, 2.75) is 6.92 Å². The van der Waals surface area contributed by atoms with Gasteiger partial charge in [0.15, 0.2) is 5.78 Å². The lowest BCUT2D eigenvalue weighted by atomic mass is 10.1. The molecule has 0 bridgehead atoms. The second-order valence-electron chi connectivity index (χ2n) is 3.05. The zero-order valence-electron chi connectivity index (χ0n) is 8.03. The quantitative estimate of drug-likeness (QED) is 0.677. The molecule has 0 aromatic heterocycles. The van der Waals surface area contributed by atoms with Gasteiger partial charge < -0.3 is 5.11 Å². The van der Waals surface area contributed by atoms with Gasteiger partial charge in [-0.1, -0.05) is 15.9 Å². The lowest BCUT2D eigenvalue weighted by Crippen LogP contribution is -1.97. The lowest BCUT2D eigenvalue weighted by Gasteiger charge is -1.99. The molecule has 4 heteroatoms. The van der Waals surface area contributed by atoms with Crippen LogP contribution in [-0.4, -0.2) is 16.9 Å². The van der Waals surface area contributed by atoms with Gasteiger partial charge in [0.05, 0.1) is 0 Å².